The number of nitrogens with zero attached hydrogens (tertiary/aromatic N) is 1. The quantitative estimate of drug-likeness (QED) is 0.723. The van der Waals surface area contributed by atoms with E-state index in [4.69, 9.17) is 9.84 Å². The number of hydrogen-bond acceptors (Lipinski definition) is 5. The van der Waals surface area contributed by atoms with E-state index in [1.54, 1.807) is 24.1 Å². The minimum Gasteiger partial charge on any atom is -0.481 e. The Morgan fingerprint density at radius 2 is 2.08 bits per heavy atom. The van der Waals surface area contributed by atoms with Crippen LogP contribution in [0.15, 0.2) is 24.3 Å². The van der Waals surface area contributed by atoms with Gasteiger partial charge in [-0.05, 0) is 24.1 Å². The first-order valence-electron chi connectivity index (χ1n) is 8.28. The number of carboxylic acids is 1. The number of hydrazine groups is 1. The normalized spacial score (nSPS) is 29.1. The van der Waals surface area contributed by atoms with Gasteiger partial charge in [0.1, 0.15) is 5.82 Å². The molecule has 1 aromatic rings. The third-order valence-electron chi connectivity index (χ3n) is 4.93. The van der Waals surface area contributed by atoms with E-state index < -0.39 is 11.9 Å². The second-order valence-electron chi connectivity index (χ2n) is 6.50. The fourth-order valence-electron chi connectivity index (χ4n) is 3.64. The van der Waals surface area contributed by atoms with Crippen LogP contribution in [0.5, 0.6) is 0 Å². The average Bonchev–Trinajstić information content (AvgIpc) is 3.21. The number of carbonyl (C=O) groups is 2. The van der Waals surface area contributed by atoms with Gasteiger partial charge in [-0.1, -0.05) is 12.1 Å². The van der Waals surface area contributed by atoms with Gasteiger partial charge in [-0.15, -0.1) is 0 Å². The highest BCUT2D eigenvalue weighted by atomic mass is 19.1. The molecule has 25 heavy (non-hydrogen) atoms. The van der Waals surface area contributed by atoms with Crippen molar-refractivity contribution in [1.29, 1.82) is 0 Å². The summed E-state index contributed by atoms with van der Waals surface area (Å²) in [5, 5.41) is 9.11. The first kappa shape index (κ1) is 17.8. The highest BCUT2D eigenvalue weighted by Gasteiger charge is 2.43. The Labute approximate surface area is 145 Å². The van der Waals surface area contributed by atoms with Crippen molar-refractivity contribution in [2.75, 3.05) is 20.2 Å². The zero-order chi connectivity index (χ0) is 18.0. The van der Waals surface area contributed by atoms with Crippen molar-refractivity contribution in [3.05, 3.63) is 35.6 Å². The zero-order valence-corrected chi connectivity index (χ0v) is 13.9. The number of rotatable bonds is 5. The van der Waals surface area contributed by atoms with E-state index in [1.165, 1.54) is 12.1 Å². The number of halogens is 1. The summed E-state index contributed by atoms with van der Waals surface area (Å²) in [4.78, 5) is 25.8. The molecule has 1 aromatic carbocycles. The van der Waals surface area contributed by atoms with Gasteiger partial charge in [0.2, 0.25) is 5.91 Å². The lowest BCUT2D eigenvalue weighted by Gasteiger charge is -2.28. The van der Waals surface area contributed by atoms with Crippen molar-refractivity contribution in [1.82, 2.24) is 15.8 Å². The molecule has 2 heterocycles. The molecule has 4 atom stereocenters. The fraction of sp³-hybridized carbons (Fsp3) is 0.529. The predicted octanol–water partition coefficient (Wildman–Crippen LogP) is 0.681. The lowest BCUT2D eigenvalue weighted by molar-refractivity contribution is -0.141. The maximum atomic E-state index is 13.1. The first-order chi connectivity index (χ1) is 12.0. The molecular weight excluding hydrogens is 329 g/mol. The summed E-state index contributed by atoms with van der Waals surface area (Å²) in [6, 6.07) is 5.36. The molecule has 3 rings (SSSR count). The Morgan fingerprint density at radius 3 is 2.72 bits per heavy atom. The maximum absolute atomic E-state index is 13.1. The van der Waals surface area contributed by atoms with Crippen molar-refractivity contribution < 1.29 is 23.8 Å². The zero-order valence-electron chi connectivity index (χ0n) is 13.9. The minimum atomic E-state index is -0.933. The summed E-state index contributed by atoms with van der Waals surface area (Å²) < 4.78 is 18.5. The van der Waals surface area contributed by atoms with Gasteiger partial charge in [0.15, 0.2) is 0 Å². The maximum Gasteiger partial charge on any atom is 0.305 e. The van der Waals surface area contributed by atoms with Gasteiger partial charge in [-0.25, -0.2) is 9.82 Å². The van der Waals surface area contributed by atoms with E-state index in [1.807, 2.05) is 0 Å². The number of aliphatic carboxylic acids is 1. The third-order valence-corrected chi connectivity index (χ3v) is 4.93. The summed E-state index contributed by atoms with van der Waals surface area (Å²) in [6.07, 6.45) is 0.267. The molecular formula is C17H22FN3O4. The van der Waals surface area contributed by atoms with Crippen LogP contribution in [0.2, 0.25) is 0 Å². The van der Waals surface area contributed by atoms with Gasteiger partial charge in [-0.3, -0.25) is 15.0 Å². The second-order valence-corrected chi connectivity index (χ2v) is 6.50. The summed E-state index contributed by atoms with van der Waals surface area (Å²) in [6.45, 7) is 0.814. The van der Waals surface area contributed by atoms with Gasteiger partial charge in [-0.2, -0.15) is 0 Å². The standard InChI is InChI=1S/C17H22FN3O4/c1-25-13-6-12(7-15(22)23)21(9-13)17(24)14-8-19-20-16(14)10-2-4-11(18)5-3-10/h2-5,12-14,16,19-20H,6-9H2,1H3,(H,22,23). The van der Waals surface area contributed by atoms with Gasteiger partial charge in [0.05, 0.1) is 24.5 Å². The Hall–Kier alpha value is -2.03. The molecule has 136 valence electrons. The molecule has 8 heteroatoms. The Balaban J connectivity index is 1.77. The molecule has 2 aliphatic rings. The molecule has 0 aromatic heterocycles. The number of ether oxygens (including phenoxy) is 1. The number of carbonyl (C=O) groups excluding carboxylic acids is 1. The van der Waals surface area contributed by atoms with Gasteiger partial charge in [0, 0.05) is 26.2 Å². The smallest absolute Gasteiger partial charge is 0.305 e. The van der Waals surface area contributed by atoms with Crippen LogP contribution in [0, 0.1) is 11.7 Å². The van der Waals surface area contributed by atoms with Crippen LogP contribution in [-0.2, 0) is 14.3 Å². The summed E-state index contributed by atoms with van der Waals surface area (Å²) in [5.74, 6) is -1.77. The largest absolute Gasteiger partial charge is 0.481 e. The minimum absolute atomic E-state index is 0.0968. The number of carboxylic acid groups (broad SMARTS) is 1. The van der Waals surface area contributed by atoms with E-state index in [0.29, 0.717) is 19.5 Å². The molecule has 2 saturated heterocycles. The van der Waals surface area contributed by atoms with E-state index in [-0.39, 0.29) is 36.3 Å². The van der Waals surface area contributed by atoms with Crippen molar-refractivity contribution in [3.63, 3.8) is 0 Å². The second kappa shape index (κ2) is 7.47. The number of amides is 1. The Bertz CT molecular complexity index is 639. The van der Waals surface area contributed by atoms with E-state index in [9.17, 15) is 14.0 Å². The third kappa shape index (κ3) is 3.81. The predicted molar refractivity (Wildman–Crippen MR) is 86.9 cm³/mol. The van der Waals surface area contributed by atoms with Crippen LogP contribution < -0.4 is 10.9 Å². The monoisotopic (exact) mass is 351 g/mol. The molecule has 0 aliphatic carbocycles. The molecule has 1 amide bonds. The lowest BCUT2D eigenvalue weighted by atomic mass is 9.93. The number of nitrogens with one attached hydrogen (secondary N) is 2. The van der Waals surface area contributed by atoms with Gasteiger partial charge < -0.3 is 14.7 Å². The van der Waals surface area contributed by atoms with Crippen molar-refractivity contribution in [3.8, 4) is 0 Å². The number of likely N-dealkylation sites (tertiary alicyclic amines) is 1. The van der Waals surface area contributed by atoms with Crippen LogP contribution >= 0.6 is 0 Å². The van der Waals surface area contributed by atoms with Crippen LogP contribution in [0.1, 0.15) is 24.4 Å². The molecule has 4 unspecified atom stereocenters. The SMILES string of the molecule is COC1CC(CC(=O)O)N(C(=O)C2CNNC2c2ccc(F)cc2)C1. The summed E-state index contributed by atoms with van der Waals surface area (Å²) in [7, 11) is 1.57. The van der Waals surface area contributed by atoms with Crippen molar-refractivity contribution >= 4 is 11.9 Å². The topological polar surface area (TPSA) is 90.9 Å². The Morgan fingerprint density at radius 1 is 1.36 bits per heavy atom. The summed E-state index contributed by atoms with van der Waals surface area (Å²) >= 11 is 0. The van der Waals surface area contributed by atoms with Crippen LogP contribution in [0.3, 0.4) is 0 Å². The van der Waals surface area contributed by atoms with Crippen LogP contribution in [-0.4, -0.2) is 54.2 Å². The molecule has 2 aliphatic heterocycles. The molecule has 0 bridgehead atoms. The number of hydrogen-bond donors (Lipinski definition) is 3. The molecule has 0 radical (unpaired) electrons. The molecule has 7 nitrogen and oxygen atoms in total. The molecule has 0 spiro atoms. The molecule has 0 saturated carbocycles. The van der Waals surface area contributed by atoms with Crippen molar-refractivity contribution in [2.45, 2.75) is 31.0 Å². The highest BCUT2D eigenvalue weighted by molar-refractivity contribution is 5.82. The van der Waals surface area contributed by atoms with Crippen LogP contribution in [0.25, 0.3) is 0 Å². The first-order valence-corrected chi connectivity index (χ1v) is 8.28. The van der Waals surface area contributed by atoms with Crippen molar-refractivity contribution in [2.24, 2.45) is 5.92 Å². The molecule has 2 fully saturated rings. The van der Waals surface area contributed by atoms with Crippen LogP contribution in [0.4, 0.5) is 4.39 Å². The highest BCUT2D eigenvalue weighted by Crippen LogP contribution is 2.31. The lowest BCUT2D eigenvalue weighted by Crippen LogP contribution is -2.43. The number of methoxy groups -OCH3 is 1. The van der Waals surface area contributed by atoms with E-state index in [2.05, 4.69) is 10.9 Å². The average molecular weight is 351 g/mol. The van der Waals surface area contributed by atoms with Gasteiger partial charge >= 0.3 is 5.97 Å². The molecule has 3 N–H and O–H groups in total. The summed E-state index contributed by atoms with van der Waals surface area (Å²) in [5.41, 5.74) is 6.85. The Kier molecular flexibility index (Phi) is 5.31. The van der Waals surface area contributed by atoms with Gasteiger partial charge in [0.25, 0.3) is 0 Å². The fourth-order valence-corrected chi connectivity index (χ4v) is 3.64. The van der Waals surface area contributed by atoms with E-state index in [0.717, 1.165) is 5.56 Å². The number of benzene rings is 1. The van der Waals surface area contributed by atoms with E-state index >= 15 is 0 Å².